The number of nitrogens with two attached hydrogens (primary N) is 1. The average Bonchev–Trinajstić information content (AvgIpc) is 3.71. The topological polar surface area (TPSA) is 97.2 Å². The highest BCUT2D eigenvalue weighted by atomic mass is 16.6. The van der Waals surface area contributed by atoms with E-state index in [1.807, 2.05) is 20.9 Å². The maximum atomic E-state index is 13.4. The van der Waals surface area contributed by atoms with Gasteiger partial charge in [-0.05, 0) is 82.0 Å². The number of nitrogens with zero attached hydrogens (tertiary/aromatic N) is 1. The molecular weight excluding hydrogens is 538 g/mol. The summed E-state index contributed by atoms with van der Waals surface area (Å²) < 4.78 is 12.0. The van der Waals surface area contributed by atoms with Gasteiger partial charge in [-0.15, -0.1) is 12.8 Å². The van der Waals surface area contributed by atoms with Crippen molar-refractivity contribution in [3.05, 3.63) is 47.1 Å². The van der Waals surface area contributed by atoms with Crippen LogP contribution in [-0.2, 0) is 27.2 Å². The highest BCUT2D eigenvalue weighted by Gasteiger charge is 2.56. The number of rotatable bonds is 2. The summed E-state index contributed by atoms with van der Waals surface area (Å²) in [4.78, 5) is 27.8. The Morgan fingerprint density at radius 2 is 1.84 bits per heavy atom. The molecule has 0 radical (unpaired) electrons. The Hall–Kier alpha value is -3.08. The van der Waals surface area contributed by atoms with Gasteiger partial charge in [0.2, 0.25) is 11.8 Å². The summed E-state index contributed by atoms with van der Waals surface area (Å²) in [7, 11) is 5.06. The Labute approximate surface area is 261 Å². The van der Waals surface area contributed by atoms with Crippen LogP contribution in [0.2, 0.25) is 0 Å². The molecule has 240 valence electrons. The van der Waals surface area contributed by atoms with Crippen molar-refractivity contribution in [3.8, 4) is 18.6 Å². The van der Waals surface area contributed by atoms with Crippen LogP contribution in [0.1, 0.15) is 85.3 Å². The van der Waals surface area contributed by atoms with E-state index in [4.69, 9.17) is 9.47 Å². The van der Waals surface area contributed by atoms with Crippen LogP contribution in [0.3, 0.4) is 0 Å². The second-order valence-corrected chi connectivity index (χ2v) is 11.6. The van der Waals surface area contributed by atoms with Crippen molar-refractivity contribution in [3.63, 3.8) is 0 Å². The van der Waals surface area contributed by atoms with Crippen molar-refractivity contribution >= 4 is 17.5 Å². The number of terminal acetylenes is 1. The van der Waals surface area contributed by atoms with Crippen LogP contribution < -0.4 is 20.7 Å². The summed E-state index contributed by atoms with van der Waals surface area (Å²) in [5, 5.41) is 3.22. The molecular formula is C36H57N3O4. The van der Waals surface area contributed by atoms with Gasteiger partial charge >= 0.3 is 0 Å². The maximum Gasteiger partial charge on any atom is 0.226 e. The molecule has 3 aliphatic rings. The lowest BCUT2D eigenvalue weighted by Crippen LogP contribution is -2.47. The molecule has 2 amide bonds. The zero-order chi connectivity index (χ0) is 32.9. The Bertz CT molecular complexity index is 1140. The summed E-state index contributed by atoms with van der Waals surface area (Å²) in [6, 6.07) is 4.35. The molecule has 43 heavy (non-hydrogen) atoms. The van der Waals surface area contributed by atoms with Crippen LogP contribution in [-0.4, -0.2) is 50.8 Å². The Morgan fingerprint density at radius 3 is 2.44 bits per heavy atom. The molecule has 2 fully saturated rings. The van der Waals surface area contributed by atoms with Crippen molar-refractivity contribution in [1.82, 2.24) is 5.32 Å². The first-order valence-electron chi connectivity index (χ1n) is 15.7. The van der Waals surface area contributed by atoms with Crippen LogP contribution in [0.5, 0.6) is 5.75 Å². The molecule has 1 aromatic rings. The molecule has 4 bridgehead atoms. The summed E-state index contributed by atoms with van der Waals surface area (Å²) in [6.07, 6.45) is 18.7. The molecule has 3 unspecified atom stereocenters. The SMILES string of the molecule is C#C.CC.CCc1c(OC)cc2cc1N(C)C(=O)CC[C@]1(C)O[C@H]1[C@H](C)C1CC(=O)NC(C1)C(C)/C=C/C=C(\C)C2.CN. The molecule has 3 aliphatic heterocycles. The zero-order valence-electron chi connectivity index (χ0n) is 28.3. The molecule has 3 heterocycles. The maximum absolute atomic E-state index is 13.4. The second-order valence-electron chi connectivity index (χ2n) is 11.6. The first kappa shape index (κ1) is 37.9. The number of carbonyl (C=O) groups is 2. The predicted octanol–water partition coefficient (Wildman–Crippen LogP) is 6.23. The Kier molecular flexibility index (Phi) is 15.8. The molecule has 0 saturated carbocycles. The van der Waals surface area contributed by atoms with E-state index in [2.05, 4.69) is 88.9 Å². The summed E-state index contributed by atoms with van der Waals surface area (Å²) in [5.74, 6) is 1.81. The molecule has 0 aromatic heterocycles. The molecule has 0 spiro atoms. The number of ether oxygens (including phenoxy) is 2. The van der Waals surface area contributed by atoms with Gasteiger partial charge in [0.25, 0.3) is 0 Å². The van der Waals surface area contributed by atoms with Gasteiger partial charge < -0.3 is 25.4 Å². The number of fused-ring (bicyclic) bond motifs is 5. The monoisotopic (exact) mass is 595 g/mol. The second kappa shape index (κ2) is 17.9. The number of anilines is 1. The highest BCUT2D eigenvalue weighted by molar-refractivity contribution is 5.94. The number of hydrogen-bond donors (Lipinski definition) is 2. The minimum absolute atomic E-state index is 0.0790. The molecule has 6 atom stereocenters. The van der Waals surface area contributed by atoms with E-state index >= 15 is 0 Å². The van der Waals surface area contributed by atoms with E-state index in [0.29, 0.717) is 19.3 Å². The third-order valence-corrected chi connectivity index (χ3v) is 8.82. The lowest BCUT2D eigenvalue weighted by atomic mass is 9.76. The summed E-state index contributed by atoms with van der Waals surface area (Å²) in [5.41, 5.74) is 8.49. The van der Waals surface area contributed by atoms with E-state index in [9.17, 15) is 9.59 Å². The molecule has 3 N–H and O–H groups in total. The minimum Gasteiger partial charge on any atom is -0.496 e. The van der Waals surface area contributed by atoms with Gasteiger partial charge in [0.1, 0.15) is 5.75 Å². The highest BCUT2D eigenvalue weighted by Crippen LogP contribution is 2.48. The molecule has 0 aliphatic carbocycles. The quantitative estimate of drug-likeness (QED) is 0.312. The van der Waals surface area contributed by atoms with Crippen LogP contribution in [0, 0.1) is 30.6 Å². The minimum atomic E-state index is -0.318. The van der Waals surface area contributed by atoms with E-state index in [-0.39, 0.29) is 47.3 Å². The Morgan fingerprint density at radius 1 is 1.19 bits per heavy atom. The van der Waals surface area contributed by atoms with Crippen LogP contribution in [0.4, 0.5) is 5.69 Å². The van der Waals surface area contributed by atoms with Crippen LogP contribution in [0.15, 0.2) is 35.9 Å². The number of allylic oxidation sites excluding steroid dienone is 3. The van der Waals surface area contributed by atoms with E-state index in [1.165, 1.54) is 12.6 Å². The van der Waals surface area contributed by atoms with Gasteiger partial charge in [-0.3, -0.25) is 9.59 Å². The fraction of sp³-hybridized carbons (Fsp3) is 0.611. The number of hydrogen-bond acceptors (Lipinski definition) is 5. The molecule has 2 saturated heterocycles. The van der Waals surface area contributed by atoms with Crippen molar-refractivity contribution < 1.29 is 19.1 Å². The van der Waals surface area contributed by atoms with Gasteiger partial charge in [0.15, 0.2) is 0 Å². The number of amides is 2. The van der Waals surface area contributed by atoms with Crippen molar-refractivity contribution in [2.45, 2.75) is 105 Å². The zero-order valence-corrected chi connectivity index (χ0v) is 28.3. The standard InChI is InChI=1S/C31H44N2O4.C2H6.C2H2.CH5N/c1-8-24-26-15-22(16-27(24)36-7)14-19(2)10-9-11-20(3)25-17-23(18-28(34)32-25)21(4)30-31(5,37-30)13-12-29(35)33(26)6;3*1-2/h9-11,15-16,20-21,23,25,30H,8,12-14,17-18H2,1-7H3,(H,32,34);1-2H3;1-2H;2H2,1H3/b11-9+,19-10+;;;/t20?,21-,23?,25?,30+,31+;;;/m1.../s1. The van der Waals surface area contributed by atoms with Crippen molar-refractivity contribution in [2.24, 2.45) is 23.5 Å². The van der Waals surface area contributed by atoms with Gasteiger partial charge in [-0.1, -0.05) is 58.4 Å². The predicted molar refractivity (Wildman–Crippen MR) is 179 cm³/mol. The number of epoxide rings is 1. The normalized spacial score (nSPS) is 30.6. The largest absolute Gasteiger partial charge is 0.496 e. The first-order chi connectivity index (χ1) is 20.6. The first-order valence-corrected chi connectivity index (χ1v) is 15.7. The number of nitrogens with one attached hydrogen (secondary N) is 1. The van der Waals surface area contributed by atoms with Crippen LogP contribution in [0.25, 0.3) is 0 Å². The summed E-state index contributed by atoms with van der Waals surface area (Å²) in [6.45, 7) is 14.7. The lowest BCUT2D eigenvalue weighted by molar-refractivity contribution is -0.126. The third kappa shape index (κ3) is 9.71. The van der Waals surface area contributed by atoms with E-state index < -0.39 is 0 Å². The molecule has 7 nitrogen and oxygen atoms in total. The lowest BCUT2D eigenvalue weighted by Gasteiger charge is -2.35. The van der Waals surface area contributed by atoms with Crippen LogP contribution >= 0.6 is 0 Å². The number of benzene rings is 1. The van der Waals surface area contributed by atoms with Crippen molar-refractivity contribution in [1.29, 1.82) is 0 Å². The van der Waals surface area contributed by atoms with Gasteiger partial charge in [0.05, 0.1) is 24.5 Å². The smallest absolute Gasteiger partial charge is 0.226 e. The van der Waals surface area contributed by atoms with Crippen molar-refractivity contribution in [2.75, 3.05) is 26.1 Å². The van der Waals surface area contributed by atoms with E-state index in [1.54, 1.807) is 12.0 Å². The van der Waals surface area contributed by atoms with E-state index in [0.717, 1.165) is 41.8 Å². The fourth-order valence-electron chi connectivity index (χ4n) is 6.28. The third-order valence-electron chi connectivity index (χ3n) is 8.82. The van der Waals surface area contributed by atoms with Gasteiger partial charge in [0, 0.05) is 31.5 Å². The molecule has 4 rings (SSSR count). The van der Waals surface area contributed by atoms with Gasteiger partial charge in [-0.2, -0.15) is 0 Å². The number of piperidine rings is 1. The molecule has 1 aromatic carbocycles. The summed E-state index contributed by atoms with van der Waals surface area (Å²) >= 11 is 0. The Balaban J connectivity index is 0.00000145. The molecule has 7 heteroatoms. The fourth-order valence-corrected chi connectivity index (χ4v) is 6.28. The number of carbonyl (C=O) groups excluding carboxylic acids is 2. The van der Waals surface area contributed by atoms with Gasteiger partial charge in [-0.25, -0.2) is 0 Å². The number of methoxy groups -OCH3 is 1. The average molecular weight is 596 g/mol.